The van der Waals surface area contributed by atoms with E-state index in [4.69, 9.17) is 4.74 Å². The molecule has 31 heavy (non-hydrogen) atoms. The Labute approximate surface area is 187 Å². The summed E-state index contributed by atoms with van der Waals surface area (Å²) in [7, 11) is 1.68. The summed E-state index contributed by atoms with van der Waals surface area (Å²) < 4.78 is 5.38. The highest BCUT2D eigenvalue weighted by atomic mass is 16.5. The van der Waals surface area contributed by atoms with Crippen LogP contribution < -0.4 is 10.1 Å². The van der Waals surface area contributed by atoms with Crippen LogP contribution in [0.3, 0.4) is 0 Å². The maximum Gasteiger partial charge on any atom is 0.227 e. The molecule has 4 heteroatoms. The zero-order valence-corrected chi connectivity index (χ0v) is 18.8. The van der Waals surface area contributed by atoms with Crippen LogP contribution in [0.4, 0.5) is 5.69 Å². The lowest BCUT2D eigenvalue weighted by Crippen LogP contribution is -2.44. The van der Waals surface area contributed by atoms with E-state index in [2.05, 4.69) is 22.3 Å². The van der Waals surface area contributed by atoms with E-state index >= 15 is 0 Å². The fraction of sp³-hybridized carbons (Fsp3) is 0.519. The zero-order valence-electron chi connectivity index (χ0n) is 18.8. The number of carbonyl (C=O) groups is 1. The van der Waals surface area contributed by atoms with Crippen molar-refractivity contribution in [3.8, 4) is 16.9 Å². The van der Waals surface area contributed by atoms with Crippen LogP contribution in [0.1, 0.15) is 57.8 Å². The number of hydrogen-bond acceptors (Lipinski definition) is 3. The summed E-state index contributed by atoms with van der Waals surface area (Å²) in [6.45, 7) is 2.11. The van der Waals surface area contributed by atoms with Gasteiger partial charge in [-0.05, 0) is 62.5 Å². The molecule has 1 saturated carbocycles. The second-order valence-electron chi connectivity index (χ2n) is 9.08. The third-order valence-electron chi connectivity index (χ3n) is 7.06. The number of ether oxygens (including phenoxy) is 1. The van der Waals surface area contributed by atoms with Crippen molar-refractivity contribution in [2.24, 2.45) is 5.92 Å². The van der Waals surface area contributed by atoms with E-state index in [0.717, 1.165) is 54.5 Å². The second-order valence-corrected chi connectivity index (χ2v) is 9.08. The molecule has 0 unspecified atom stereocenters. The Hall–Kier alpha value is -2.33. The molecule has 2 fully saturated rings. The van der Waals surface area contributed by atoms with Gasteiger partial charge >= 0.3 is 0 Å². The Morgan fingerprint density at radius 1 is 0.903 bits per heavy atom. The van der Waals surface area contributed by atoms with Gasteiger partial charge in [0.25, 0.3) is 0 Å². The number of para-hydroxylation sites is 1. The van der Waals surface area contributed by atoms with E-state index in [1.165, 1.54) is 44.9 Å². The molecule has 2 aromatic carbocycles. The van der Waals surface area contributed by atoms with Crippen LogP contribution in [0.5, 0.6) is 5.75 Å². The molecule has 1 N–H and O–H groups in total. The van der Waals surface area contributed by atoms with E-state index in [1.807, 2.05) is 36.4 Å². The Bertz CT molecular complexity index is 850. The van der Waals surface area contributed by atoms with Crippen molar-refractivity contribution >= 4 is 11.6 Å². The number of anilines is 1. The summed E-state index contributed by atoms with van der Waals surface area (Å²) in [5, 5.41) is 3.23. The van der Waals surface area contributed by atoms with Crippen molar-refractivity contribution in [2.75, 3.05) is 25.5 Å². The number of hydrogen-bond donors (Lipinski definition) is 1. The molecule has 4 nitrogen and oxygen atoms in total. The number of carbonyl (C=O) groups excluding carboxylic acids is 1. The summed E-state index contributed by atoms with van der Waals surface area (Å²) in [5.74, 6) is 1.08. The Morgan fingerprint density at radius 2 is 1.61 bits per heavy atom. The standard InChI is InChI=1S/C27H36N2O2/c1-31-24-13-9-10-22(20-24)25-14-7-8-15-26(25)28-27(30)21-16-18-29(19-17-21)23-11-5-3-2-4-6-12-23/h7-10,13-15,20-21,23H,2-6,11-12,16-19H2,1H3,(H,28,30). The van der Waals surface area contributed by atoms with Gasteiger partial charge in [-0.15, -0.1) is 0 Å². The van der Waals surface area contributed by atoms with Crippen LogP contribution in [0.2, 0.25) is 0 Å². The minimum Gasteiger partial charge on any atom is -0.497 e. The van der Waals surface area contributed by atoms with Crippen LogP contribution in [0.15, 0.2) is 48.5 Å². The lowest BCUT2D eigenvalue weighted by atomic mass is 9.90. The maximum atomic E-state index is 13.1. The summed E-state index contributed by atoms with van der Waals surface area (Å²) in [4.78, 5) is 15.8. The van der Waals surface area contributed by atoms with Gasteiger partial charge in [-0.3, -0.25) is 4.79 Å². The van der Waals surface area contributed by atoms with E-state index < -0.39 is 0 Å². The van der Waals surface area contributed by atoms with Crippen molar-refractivity contribution in [1.82, 2.24) is 4.90 Å². The average Bonchev–Trinajstić information content (AvgIpc) is 2.79. The van der Waals surface area contributed by atoms with Gasteiger partial charge in [0.15, 0.2) is 0 Å². The normalized spacial score (nSPS) is 19.4. The van der Waals surface area contributed by atoms with Gasteiger partial charge in [0, 0.05) is 23.2 Å². The molecule has 0 bridgehead atoms. The second kappa shape index (κ2) is 10.8. The minimum atomic E-state index is 0.100. The van der Waals surface area contributed by atoms with Crippen LogP contribution >= 0.6 is 0 Å². The quantitative estimate of drug-likeness (QED) is 0.633. The molecule has 2 aliphatic rings. The Kier molecular flexibility index (Phi) is 7.63. The van der Waals surface area contributed by atoms with E-state index in [1.54, 1.807) is 7.11 Å². The highest BCUT2D eigenvalue weighted by molar-refractivity contribution is 5.96. The third kappa shape index (κ3) is 5.68. The topological polar surface area (TPSA) is 41.6 Å². The van der Waals surface area contributed by atoms with Crippen molar-refractivity contribution in [3.05, 3.63) is 48.5 Å². The lowest BCUT2D eigenvalue weighted by molar-refractivity contribution is -0.121. The monoisotopic (exact) mass is 420 g/mol. The number of nitrogens with one attached hydrogen (secondary N) is 1. The first kappa shape index (κ1) is 21.9. The molecule has 2 aromatic rings. The number of methoxy groups -OCH3 is 1. The molecule has 1 heterocycles. The molecule has 1 amide bonds. The smallest absolute Gasteiger partial charge is 0.227 e. The fourth-order valence-electron chi connectivity index (χ4n) is 5.20. The maximum absolute atomic E-state index is 13.1. The van der Waals surface area contributed by atoms with Crippen LogP contribution in [-0.2, 0) is 4.79 Å². The predicted octanol–water partition coefficient (Wildman–Crippen LogP) is 6.13. The number of benzene rings is 2. The van der Waals surface area contributed by atoms with Gasteiger partial charge in [0.2, 0.25) is 5.91 Å². The van der Waals surface area contributed by atoms with Crippen molar-refractivity contribution in [1.29, 1.82) is 0 Å². The zero-order chi connectivity index (χ0) is 21.5. The molecular weight excluding hydrogens is 384 g/mol. The third-order valence-corrected chi connectivity index (χ3v) is 7.06. The Morgan fingerprint density at radius 3 is 2.35 bits per heavy atom. The van der Waals surface area contributed by atoms with Crippen molar-refractivity contribution in [2.45, 2.75) is 63.8 Å². The summed E-state index contributed by atoms with van der Waals surface area (Å²) in [6.07, 6.45) is 11.5. The summed E-state index contributed by atoms with van der Waals surface area (Å²) in [5.41, 5.74) is 2.96. The lowest BCUT2D eigenvalue weighted by Gasteiger charge is -2.38. The molecule has 0 spiro atoms. The number of piperidine rings is 1. The molecule has 1 saturated heterocycles. The summed E-state index contributed by atoms with van der Waals surface area (Å²) >= 11 is 0. The molecule has 4 rings (SSSR count). The fourth-order valence-corrected chi connectivity index (χ4v) is 5.20. The predicted molar refractivity (Wildman–Crippen MR) is 127 cm³/mol. The SMILES string of the molecule is COc1cccc(-c2ccccc2NC(=O)C2CCN(C3CCCCCCC3)CC2)c1. The van der Waals surface area contributed by atoms with Gasteiger partial charge in [-0.25, -0.2) is 0 Å². The largest absolute Gasteiger partial charge is 0.497 e. The molecule has 1 aliphatic heterocycles. The molecule has 166 valence electrons. The first-order valence-corrected chi connectivity index (χ1v) is 12.0. The number of likely N-dealkylation sites (tertiary alicyclic amines) is 1. The number of rotatable bonds is 5. The number of amides is 1. The van der Waals surface area contributed by atoms with E-state index in [9.17, 15) is 4.79 Å². The highest BCUT2D eigenvalue weighted by Crippen LogP contribution is 2.32. The van der Waals surface area contributed by atoms with Crippen molar-refractivity contribution in [3.63, 3.8) is 0 Å². The van der Waals surface area contributed by atoms with Crippen LogP contribution in [0, 0.1) is 5.92 Å². The van der Waals surface area contributed by atoms with Crippen LogP contribution in [-0.4, -0.2) is 37.0 Å². The first-order valence-electron chi connectivity index (χ1n) is 12.0. The van der Waals surface area contributed by atoms with Gasteiger partial charge in [-0.1, -0.05) is 62.4 Å². The highest BCUT2D eigenvalue weighted by Gasteiger charge is 2.29. The van der Waals surface area contributed by atoms with Crippen molar-refractivity contribution < 1.29 is 9.53 Å². The Balaban J connectivity index is 1.37. The average molecular weight is 421 g/mol. The van der Waals surface area contributed by atoms with Gasteiger partial charge in [0.05, 0.1) is 7.11 Å². The molecule has 0 radical (unpaired) electrons. The van der Waals surface area contributed by atoms with Crippen LogP contribution in [0.25, 0.3) is 11.1 Å². The van der Waals surface area contributed by atoms with Gasteiger partial charge in [-0.2, -0.15) is 0 Å². The molecule has 0 aromatic heterocycles. The molecular formula is C27H36N2O2. The van der Waals surface area contributed by atoms with Gasteiger partial charge in [0.1, 0.15) is 5.75 Å². The van der Waals surface area contributed by atoms with E-state index in [0.29, 0.717) is 0 Å². The van der Waals surface area contributed by atoms with Gasteiger partial charge < -0.3 is 15.0 Å². The molecule has 1 aliphatic carbocycles. The number of nitrogens with zero attached hydrogens (tertiary/aromatic N) is 1. The minimum absolute atomic E-state index is 0.100. The first-order chi connectivity index (χ1) is 15.2. The molecule has 0 atom stereocenters. The summed E-state index contributed by atoms with van der Waals surface area (Å²) in [6, 6.07) is 16.8. The van der Waals surface area contributed by atoms with E-state index in [-0.39, 0.29) is 11.8 Å².